The third kappa shape index (κ3) is 6.65. The van der Waals surface area contributed by atoms with E-state index in [0.717, 1.165) is 19.6 Å². The molecular weight excluding hydrogens is 368 g/mol. The first kappa shape index (κ1) is 22.4. The van der Waals surface area contributed by atoms with Crippen LogP contribution >= 0.6 is 0 Å². The average molecular weight is 401 g/mol. The number of imidazole rings is 1. The summed E-state index contributed by atoms with van der Waals surface area (Å²) >= 11 is 0. The van der Waals surface area contributed by atoms with Crippen LogP contribution in [0.4, 0.5) is 0 Å². The molecule has 0 fully saturated rings. The first-order valence-corrected chi connectivity index (χ1v) is 10.5. The van der Waals surface area contributed by atoms with Crippen molar-refractivity contribution in [1.82, 2.24) is 4.57 Å². The number of fused-ring (bicyclic) bond motifs is 1. The standard InChI is InChI=1S/C24H33N2O.ClH/c1-2-3-4-5-6-7-13-18-27-21-26-20-25(19-22-14-9-8-10-15-22)23-16-11-12-17-24(23)26;/h8-12,14-17,20H,2-7,13,18-19,21H2,1H3;1H/q+1;/p-1. The van der Waals surface area contributed by atoms with Gasteiger partial charge >= 0.3 is 0 Å². The summed E-state index contributed by atoms with van der Waals surface area (Å²) in [5.41, 5.74) is 3.79. The molecule has 1 aromatic heterocycles. The van der Waals surface area contributed by atoms with Crippen molar-refractivity contribution in [1.29, 1.82) is 0 Å². The summed E-state index contributed by atoms with van der Waals surface area (Å²) in [7, 11) is 0. The fourth-order valence-corrected chi connectivity index (χ4v) is 3.58. The Morgan fingerprint density at radius 2 is 1.50 bits per heavy atom. The van der Waals surface area contributed by atoms with E-state index in [0.29, 0.717) is 6.73 Å². The number of benzene rings is 2. The molecule has 0 saturated carbocycles. The first-order chi connectivity index (χ1) is 13.4. The Kier molecular flexibility index (Phi) is 10.1. The van der Waals surface area contributed by atoms with Gasteiger partial charge in [0.2, 0.25) is 6.33 Å². The van der Waals surface area contributed by atoms with Crippen LogP contribution in [-0.2, 0) is 18.0 Å². The van der Waals surface area contributed by atoms with Crippen LogP contribution in [0.1, 0.15) is 57.4 Å². The van der Waals surface area contributed by atoms with E-state index in [1.54, 1.807) is 0 Å². The van der Waals surface area contributed by atoms with Crippen molar-refractivity contribution in [3.8, 4) is 0 Å². The molecular formula is C24H33ClN2O. The lowest BCUT2D eigenvalue weighted by Crippen LogP contribution is -3.00. The van der Waals surface area contributed by atoms with E-state index in [1.807, 2.05) is 0 Å². The molecule has 28 heavy (non-hydrogen) atoms. The normalized spacial score (nSPS) is 10.9. The lowest BCUT2D eigenvalue weighted by molar-refractivity contribution is -0.663. The molecule has 3 aromatic rings. The van der Waals surface area contributed by atoms with E-state index in [4.69, 9.17) is 4.74 Å². The number of nitrogens with zero attached hydrogens (tertiary/aromatic N) is 2. The molecule has 4 heteroatoms. The molecule has 0 bridgehead atoms. The lowest BCUT2D eigenvalue weighted by atomic mass is 10.1. The number of para-hydroxylation sites is 2. The summed E-state index contributed by atoms with van der Waals surface area (Å²) in [4.78, 5) is 0. The fourth-order valence-electron chi connectivity index (χ4n) is 3.58. The van der Waals surface area contributed by atoms with E-state index in [-0.39, 0.29) is 12.4 Å². The van der Waals surface area contributed by atoms with Crippen molar-refractivity contribution in [3.05, 3.63) is 66.5 Å². The van der Waals surface area contributed by atoms with Crippen molar-refractivity contribution >= 4 is 11.0 Å². The molecule has 3 nitrogen and oxygen atoms in total. The van der Waals surface area contributed by atoms with Crippen LogP contribution in [0.2, 0.25) is 0 Å². The number of halogens is 1. The molecule has 0 radical (unpaired) electrons. The second-order valence-corrected chi connectivity index (χ2v) is 7.35. The van der Waals surface area contributed by atoms with Gasteiger partial charge in [-0.05, 0) is 24.1 Å². The third-order valence-electron chi connectivity index (χ3n) is 5.10. The Morgan fingerprint density at radius 1 is 0.821 bits per heavy atom. The zero-order valence-electron chi connectivity index (χ0n) is 17.0. The predicted molar refractivity (Wildman–Crippen MR) is 112 cm³/mol. The first-order valence-electron chi connectivity index (χ1n) is 10.5. The van der Waals surface area contributed by atoms with Gasteiger partial charge in [-0.2, -0.15) is 0 Å². The van der Waals surface area contributed by atoms with Crippen molar-refractivity contribution in [2.45, 2.75) is 65.1 Å². The largest absolute Gasteiger partial charge is 1.00 e. The molecule has 0 spiro atoms. The van der Waals surface area contributed by atoms with Gasteiger partial charge in [0, 0.05) is 0 Å². The summed E-state index contributed by atoms with van der Waals surface area (Å²) < 4.78 is 10.5. The summed E-state index contributed by atoms with van der Waals surface area (Å²) in [6.07, 6.45) is 11.4. The maximum Gasteiger partial charge on any atom is 0.246 e. The highest BCUT2D eigenvalue weighted by atomic mass is 35.5. The van der Waals surface area contributed by atoms with Crippen molar-refractivity contribution in [3.63, 3.8) is 0 Å². The monoisotopic (exact) mass is 400 g/mol. The Labute approximate surface area is 175 Å². The van der Waals surface area contributed by atoms with Gasteiger partial charge in [0.25, 0.3) is 0 Å². The Morgan fingerprint density at radius 3 is 2.29 bits per heavy atom. The second-order valence-electron chi connectivity index (χ2n) is 7.35. The summed E-state index contributed by atoms with van der Waals surface area (Å²) in [6, 6.07) is 19.2. The number of hydrogen-bond acceptors (Lipinski definition) is 1. The molecule has 0 amide bonds. The predicted octanol–water partition coefficient (Wildman–Crippen LogP) is 2.71. The van der Waals surface area contributed by atoms with Gasteiger partial charge in [-0.25, -0.2) is 9.13 Å². The fraction of sp³-hybridized carbons (Fsp3) is 0.458. The number of rotatable bonds is 12. The van der Waals surface area contributed by atoms with E-state index in [1.165, 1.54) is 55.1 Å². The van der Waals surface area contributed by atoms with Crippen LogP contribution in [0.3, 0.4) is 0 Å². The number of aromatic nitrogens is 2. The minimum Gasteiger partial charge on any atom is -1.00 e. The highest BCUT2D eigenvalue weighted by Gasteiger charge is 2.15. The topological polar surface area (TPSA) is 18.0 Å². The molecule has 0 aliphatic rings. The number of ether oxygens (including phenoxy) is 1. The minimum atomic E-state index is 0. The van der Waals surface area contributed by atoms with Crippen LogP contribution in [0.5, 0.6) is 0 Å². The molecule has 2 aromatic carbocycles. The smallest absolute Gasteiger partial charge is 0.246 e. The highest BCUT2D eigenvalue weighted by Crippen LogP contribution is 2.12. The highest BCUT2D eigenvalue weighted by molar-refractivity contribution is 5.71. The van der Waals surface area contributed by atoms with Gasteiger partial charge in [0.1, 0.15) is 6.54 Å². The Hall–Kier alpha value is -1.84. The summed E-state index contributed by atoms with van der Waals surface area (Å²) in [6.45, 7) is 4.62. The zero-order valence-corrected chi connectivity index (χ0v) is 17.8. The van der Waals surface area contributed by atoms with E-state index in [2.05, 4.69) is 77.0 Å². The van der Waals surface area contributed by atoms with Gasteiger partial charge in [-0.15, -0.1) is 0 Å². The summed E-state index contributed by atoms with van der Waals surface area (Å²) in [5.74, 6) is 0. The number of unbranched alkanes of at least 4 members (excludes halogenated alkanes) is 6. The molecule has 3 rings (SSSR count). The number of hydrogen-bond donors (Lipinski definition) is 0. The quantitative estimate of drug-likeness (QED) is 0.337. The Bertz CT molecular complexity index is 801. The molecule has 0 saturated heterocycles. The maximum absolute atomic E-state index is 5.97. The van der Waals surface area contributed by atoms with Gasteiger partial charge in [-0.1, -0.05) is 87.9 Å². The zero-order chi connectivity index (χ0) is 18.7. The minimum absolute atomic E-state index is 0. The van der Waals surface area contributed by atoms with Crippen molar-refractivity contribution in [2.24, 2.45) is 0 Å². The van der Waals surface area contributed by atoms with Crippen LogP contribution in [0, 0.1) is 0 Å². The molecule has 0 aliphatic carbocycles. The molecule has 0 aliphatic heterocycles. The van der Waals surface area contributed by atoms with Crippen molar-refractivity contribution < 1.29 is 21.7 Å². The average Bonchev–Trinajstić information content (AvgIpc) is 3.05. The van der Waals surface area contributed by atoms with E-state index >= 15 is 0 Å². The molecule has 0 N–H and O–H groups in total. The van der Waals surface area contributed by atoms with Crippen molar-refractivity contribution in [2.75, 3.05) is 6.61 Å². The molecule has 1 heterocycles. The SMILES string of the molecule is CCCCCCCCCOCn1c[n+](Cc2ccccc2)c2ccccc21.[Cl-]. The van der Waals surface area contributed by atoms with Gasteiger partial charge < -0.3 is 17.1 Å². The van der Waals surface area contributed by atoms with E-state index in [9.17, 15) is 0 Å². The molecule has 0 unspecified atom stereocenters. The van der Waals surface area contributed by atoms with Crippen LogP contribution in [0.15, 0.2) is 60.9 Å². The summed E-state index contributed by atoms with van der Waals surface area (Å²) in [5, 5.41) is 0. The maximum atomic E-state index is 5.97. The third-order valence-corrected chi connectivity index (χ3v) is 5.10. The molecule has 0 atom stereocenters. The lowest BCUT2D eigenvalue weighted by Gasteiger charge is -2.03. The van der Waals surface area contributed by atoms with Gasteiger partial charge in [-0.3, -0.25) is 0 Å². The molecule has 152 valence electrons. The van der Waals surface area contributed by atoms with Crippen LogP contribution in [0.25, 0.3) is 11.0 Å². The van der Waals surface area contributed by atoms with Gasteiger partial charge in [0.15, 0.2) is 17.8 Å². The Balaban J connectivity index is 0.00000280. The second kappa shape index (κ2) is 12.6. The van der Waals surface area contributed by atoms with E-state index < -0.39 is 0 Å². The van der Waals surface area contributed by atoms with Crippen LogP contribution in [-0.4, -0.2) is 11.2 Å². The van der Waals surface area contributed by atoms with Gasteiger partial charge in [0.05, 0.1) is 6.61 Å². The van der Waals surface area contributed by atoms with Crippen LogP contribution < -0.4 is 17.0 Å².